The Morgan fingerprint density at radius 1 is 1.15 bits per heavy atom. The molecule has 0 radical (unpaired) electrons. The highest BCUT2D eigenvalue weighted by molar-refractivity contribution is 5.66. The van der Waals surface area contributed by atoms with Crippen LogP contribution in [0.1, 0.15) is 89.2 Å². The molecule has 5 heteroatoms. The Morgan fingerprint density at radius 2 is 1.91 bits per heavy atom. The van der Waals surface area contributed by atoms with E-state index in [1.165, 1.54) is 5.57 Å². The number of carbonyl (C=O) groups is 1. The second kappa shape index (κ2) is 14.1. The van der Waals surface area contributed by atoms with E-state index in [0.29, 0.717) is 24.5 Å². The van der Waals surface area contributed by atoms with Crippen LogP contribution in [0, 0.1) is 5.92 Å². The number of unbranched alkanes of at least 4 members (excludes halogenated alkanes) is 4. The van der Waals surface area contributed by atoms with Crippen molar-refractivity contribution in [2.75, 3.05) is 20.3 Å². The fraction of sp³-hybridized carbons (Fsp3) is 0.607. The van der Waals surface area contributed by atoms with Crippen molar-refractivity contribution in [3.63, 3.8) is 0 Å². The fourth-order valence-electron chi connectivity index (χ4n) is 4.52. The molecule has 184 valence electrons. The van der Waals surface area contributed by atoms with Gasteiger partial charge in [0, 0.05) is 25.2 Å². The van der Waals surface area contributed by atoms with E-state index in [4.69, 9.17) is 14.2 Å². The average Bonchev–Trinajstić information content (AvgIpc) is 2.76. The van der Waals surface area contributed by atoms with Gasteiger partial charge in [0.05, 0.1) is 6.61 Å². The molecule has 1 aliphatic carbocycles. The molecule has 1 aromatic carbocycles. The van der Waals surface area contributed by atoms with Crippen molar-refractivity contribution in [3.8, 4) is 11.5 Å². The molecule has 0 aromatic heterocycles. The van der Waals surface area contributed by atoms with Gasteiger partial charge < -0.3 is 19.3 Å². The summed E-state index contributed by atoms with van der Waals surface area (Å²) >= 11 is 0. The van der Waals surface area contributed by atoms with Crippen LogP contribution in [0.25, 0.3) is 0 Å². The number of hydrogen-bond donors (Lipinski definition) is 1. The Morgan fingerprint density at radius 3 is 2.61 bits per heavy atom. The first kappa shape index (κ1) is 27.0. The number of benzene rings is 1. The van der Waals surface area contributed by atoms with Crippen molar-refractivity contribution in [1.82, 2.24) is 0 Å². The van der Waals surface area contributed by atoms with Gasteiger partial charge in [0.2, 0.25) is 0 Å². The molecule has 1 aliphatic rings. The van der Waals surface area contributed by atoms with Gasteiger partial charge in [-0.2, -0.15) is 0 Å². The molecular weight excluding hydrogens is 416 g/mol. The molecule has 0 bridgehead atoms. The first-order valence-electron chi connectivity index (χ1n) is 12.4. The Hall–Kier alpha value is -2.27. The van der Waals surface area contributed by atoms with Gasteiger partial charge >= 0.3 is 6.16 Å². The zero-order valence-electron chi connectivity index (χ0n) is 21.0. The molecule has 2 unspecified atom stereocenters. The quantitative estimate of drug-likeness (QED) is 0.144. The summed E-state index contributed by atoms with van der Waals surface area (Å²) < 4.78 is 16.1. The Balaban J connectivity index is 2.26. The number of hydrogen-bond acceptors (Lipinski definition) is 5. The van der Waals surface area contributed by atoms with Crippen LogP contribution in [0.5, 0.6) is 11.5 Å². The van der Waals surface area contributed by atoms with Gasteiger partial charge in [-0.1, -0.05) is 43.6 Å². The fourth-order valence-corrected chi connectivity index (χ4v) is 4.52. The van der Waals surface area contributed by atoms with Crippen LogP contribution < -0.4 is 4.74 Å². The number of ether oxygens (including phenoxy) is 3. The summed E-state index contributed by atoms with van der Waals surface area (Å²) in [6, 6.07) is 3.73. The number of rotatable bonds is 13. The Labute approximate surface area is 199 Å². The second-order valence-electron chi connectivity index (χ2n) is 9.27. The zero-order valence-corrected chi connectivity index (χ0v) is 21.0. The highest BCUT2D eigenvalue weighted by atomic mass is 16.7. The average molecular weight is 459 g/mol. The topological polar surface area (TPSA) is 65.0 Å². The van der Waals surface area contributed by atoms with Crippen LogP contribution >= 0.6 is 0 Å². The summed E-state index contributed by atoms with van der Waals surface area (Å²) in [6.45, 7) is 11.5. The van der Waals surface area contributed by atoms with Gasteiger partial charge in [-0.15, -0.1) is 0 Å². The van der Waals surface area contributed by atoms with Crippen LogP contribution in [-0.4, -0.2) is 31.6 Å². The standard InChI is InChI=1S/C28H42O5/c1-6-7-9-12-22-18-25(29)27(24-17-21(4)13-14-23(24)20(2)3)26(19-22)33-28(30)32-16-11-8-10-15-31-5/h17-19,23-24,29H,2,6-16H2,1,3-5H3. The Kier molecular flexibility index (Phi) is 11.5. The van der Waals surface area contributed by atoms with E-state index in [-0.39, 0.29) is 17.6 Å². The van der Waals surface area contributed by atoms with Gasteiger partial charge in [0.15, 0.2) is 0 Å². The van der Waals surface area contributed by atoms with Crippen molar-refractivity contribution >= 4 is 6.16 Å². The second-order valence-corrected chi connectivity index (χ2v) is 9.27. The number of carbonyl (C=O) groups excluding carboxylic acids is 1. The summed E-state index contributed by atoms with van der Waals surface area (Å²) in [7, 11) is 1.68. The predicted octanol–water partition coefficient (Wildman–Crippen LogP) is 7.47. The molecule has 1 N–H and O–H groups in total. The molecule has 0 spiro atoms. The molecule has 0 heterocycles. The van der Waals surface area contributed by atoms with E-state index in [1.807, 2.05) is 19.1 Å². The molecule has 0 fully saturated rings. The number of phenols is 1. The maximum Gasteiger partial charge on any atom is 0.513 e. The largest absolute Gasteiger partial charge is 0.513 e. The first-order valence-corrected chi connectivity index (χ1v) is 12.4. The van der Waals surface area contributed by atoms with Gasteiger partial charge in [-0.25, -0.2) is 4.79 Å². The molecule has 0 saturated heterocycles. The normalized spacial score (nSPS) is 18.0. The van der Waals surface area contributed by atoms with E-state index in [2.05, 4.69) is 26.5 Å². The summed E-state index contributed by atoms with van der Waals surface area (Å²) in [4.78, 5) is 12.5. The van der Waals surface area contributed by atoms with Crippen LogP contribution in [-0.2, 0) is 15.9 Å². The molecule has 2 rings (SSSR count). The number of aryl methyl sites for hydroxylation is 1. The molecule has 33 heavy (non-hydrogen) atoms. The summed E-state index contributed by atoms with van der Waals surface area (Å²) in [5.74, 6) is 0.670. The molecule has 0 aliphatic heterocycles. The highest BCUT2D eigenvalue weighted by Crippen LogP contribution is 2.47. The van der Waals surface area contributed by atoms with Gasteiger partial charge in [-0.05, 0) is 82.4 Å². The van der Waals surface area contributed by atoms with Crippen LogP contribution in [0.4, 0.5) is 4.79 Å². The molecular formula is C28H42O5. The maximum atomic E-state index is 12.5. The van der Waals surface area contributed by atoms with Crippen molar-refractivity contribution in [2.24, 2.45) is 5.92 Å². The molecule has 5 nitrogen and oxygen atoms in total. The SMILES string of the molecule is C=C(C)C1CCC(C)=CC1c1c(O)cc(CCCCC)cc1OC(=O)OCCCCCOC. The van der Waals surface area contributed by atoms with E-state index in [1.54, 1.807) is 7.11 Å². The number of methoxy groups -OCH3 is 1. The van der Waals surface area contributed by atoms with Gasteiger partial charge in [0.25, 0.3) is 0 Å². The van der Waals surface area contributed by atoms with Crippen LogP contribution in [0.2, 0.25) is 0 Å². The van der Waals surface area contributed by atoms with Crippen molar-refractivity contribution in [2.45, 2.75) is 84.5 Å². The van der Waals surface area contributed by atoms with Crippen LogP contribution in [0.3, 0.4) is 0 Å². The minimum absolute atomic E-state index is 0.0854. The molecule has 1 aromatic rings. The van der Waals surface area contributed by atoms with Gasteiger partial charge in [0.1, 0.15) is 11.5 Å². The summed E-state index contributed by atoms with van der Waals surface area (Å²) in [5, 5.41) is 11.1. The minimum Gasteiger partial charge on any atom is -0.507 e. The highest BCUT2D eigenvalue weighted by Gasteiger charge is 2.31. The van der Waals surface area contributed by atoms with Crippen molar-refractivity contribution < 1.29 is 24.1 Å². The van der Waals surface area contributed by atoms with E-state index >= 15 is 0 Å². The molecule has 0 saturated carbocycles. The molecule has 2 atom stereocenters. The first-order chi connectivity index (χ1) is 15.9. The van der Waals surface area contributed by atoms with Crippen molar-refractivity contribution in [3.05, 3.63) is 47.1 Å². The van der Waals surface area contributed by atoms with Gasteiger partial charge in [-0.3, -0.25) is 0 Å². The monoisotopic (exact) mass is 458 g/mol. The minimum atomic E-state index is -0.725. The van der Waals surface area contributed by atoms with E-state index in [9.17, 15) is 9.90 Å². The van der Waals surface area contributed by atoms with E-state index in [0.717, 1.165) is 68.9 Å². The number of aromatic hydroxyl groups is 1. The third-order valence-electron chi connectivity index (χ3n) is 6.37. The van der Waals surface area contributed by atoms with E-state index < -0.39 is 6.16 Å². The summed E-state index contributed by atoms with van der Waals surface area (Å²) in [6.07, 6.45) is 10.1. The predicted molar refractivity (Wildman–Crippen MR) is 133 cm³/mol. The lowest BCUT2D eigenvalue weighted by Gasteiger charge is -2.32. The lowest BCUT2D eigenvalue weighted by Crippen LogP contribution is -2.19. The zero-order chi connectivity index (χ0) is 24.2. The van der Waals surface area contributed by atoms with Crippen LogP contribution in [0.15, 0.2) is 35.9 Å². The molecule has 0 amide bonds. The lowest BCUT2D eigenvalue weighted by atomic mass is 9.73. The number of phenolic OH excluding ortho intramolecular Hbond substituents is 1. The maximum absolute atomic E-state index is 12.5. The Bertz CT molecular complexity index is 811. The third kappa shape index (κ3) is 8.54. The van der Waals surface area contributed by atoms with Crippen molar-refractivity contribution in [1.29, 1.82) is 0 Å². The number of allylic oxidation sites excluding steroid dienone is 3. The third-order valence-corrected chi connectivity index (χ3v) is 6.37. The lowest BCUT2D eigenvalue weighted by molar-refractivity contribution is 0.0958. The summed E-state index contributed by atoms with van der Waals surface area (Å²) in [5.41, 5.74) is 3.96. The smallest absolute Gasteiger partial charge is 0.507 e.